The molecular formula is C11H26O8Si2. The van der Waals surface area contributed by atoms with Crippen molar-refractivity contribution in [2.24, 2.45) is 0 Å². The van der Waals surface area contributed by atoms with Gasteiger partial charge < -0.3 is 31.7 Å². The van der Waals surface area contributed by atoms with Gasteiger partial charge in [0.25, 0.3) is 0 Å². The topological polar surface area (TPSA) is 92.7 Å². The second kappa shape index (κ2) is 9.63. The van der Waals surface area contributed by atoms with Crippen LogP contribution >= 0.6 is 0 Å². The zero-order chi connectivity index (χ0) is 16.5. The molecule has 0 fully saturated rings. The highest BCUT2D eigenvalue weighted by atomic mass is 28.5. The van der Waals surface area contributed by atoms with E-state index in [2.05, 4.69) is 0 Å². The molecule has 1 N–H and O–H groups in total. The summed E-state index contributed by atoms with van der Waals surface area (Å²) in [6.45, 7) is 0. The predicted molar refractivity (Wildman–Crippen MR) is 78.8 cm³/mol. The van der Waals surface area contributed by atoms with E-state index in [0.29, 0.717) is 12.8 Å². The van der Waals surface area contributed by atoms with Gasteiger partial charge in [-0.2, -0.15) is 0 Å². The fourth-order valence-corrected chi connectivity index (χ4v) is 10.1. The maximum atomic E-state index is 10.7. The highest BCUT2D eigenvalue weighted by Gasteiger charge is 2.63. The number of hydrogen-bond acceptors (Lipinski definition) is 7. The van der Waals surface area contributed by atoms with Gasteiger partial charge in [-0.1, -0.05) is 0 Å². The fraction of sp³-hybridized carbons (Fsp3) is 0.909. The molecule has 0 aromatic rings. The van der Waals surface area contributed by atoms with E-state index in [4.69, 9.17) is 31.7 Å². The minimum absolute atomic E-state index is 0.0275. The van der Waals surface area contributed by atoms with E-state index >= 15 is 0 Å². The predicted octanol–water partition coefficient (Wildman–Crippen LogP) is 0.907. The van der Waals surface area contributed by atoms with Gasteiger partial charge in [-0.3, -0.25) is 4.79 Å². The van der Waals surface area contributed by atoms with Crippen LogP contribution in [0.5, 0.6) is 0 Å². The summed E-state index contributed by atoms with van der Waals surface area (Å²) in [6, 6.07) is 0. The van der Waals surface area contributed by atoms with Crippen molar-refractivity contribution in [1.29, 1.82) is 0 Å². The molecule has 126 valence electrons. The van der Waals surface area contributed by atoms with Crippen LogP contribution in [0.25, 0.3) is 0 Å². The highest BCUT2D eigenvalue weighted by molar-refractivity contribution is 6.82. The van der Waals surface area contributed by atoms with E-state index in [1.807, 2.05) is 0 Å². The number of carboxylic acids is 1. The van der Waals surface area contributed by atoms with Crippen LogP contribution in [-0.2, 0) is 31.4 Å². The van der Waals surface area contributed by atoms with E-state index in [1.54, 1.807) is 0 Å². The maximum absolute atomic E-state index is 10.7. The maximum Gasteiger partial charge on any atom is 0.507 e. The molecular weight excluding hydrogens is 316 g/mol. The molecule has 0 aromatic heterocycles. The van der Waals surface area contributed by atoms with Crippen LogP contribution in [0.2, 0.25) is 5.16 Å². The second-order valence-electron chi connectivity index (χ2n) is 4.27. The monoisotopic (exact) mass is 342 g/mol. The molecule has 0 radical (unpaired) electrons. The van der Waals surface area contributed by atoms with E-state index in [1.165, 1.54) is 42.7 Å². The van der Waals surface area contributed by atoms with Gasteiger partial charge in [0.05, 0.1) is 5.16 Å². The van der Waals surface area contributed by atoms with Crippen LogP contribution in [0.4, 0.5) is 0 Å². The number of carboxylic acid groups (broad SMARTS) is 1. The lowest BCUT2D eigenvalue weighted by Crippen LogP contribution is -2.62. The Kier molecular flexibility index (Phi) is 9.48. The molecule has 10 heteroatoms. The fourth-order valence-electron chi connectivity index (χ4n) is 2.38. The summed E-state index contributed by atoms with van der Waals surface area (Å²) >= 11 is 0. The molecule has 0 rings (SSSR count). The minimum atomic E-state index is -3.12. The molecule has 0 aliphatic rings. The van der Waals surface area contributed by atoms with Gasteiger partial charge in [-0.25, -0.2) is 0 Å². The first kappa shape index (κ1) is 20.7. The molecule has 0 saturated heterocycles. The largest absolute Gasteiger partial charge is 0.507 e. The third-order valence-corrected chi connectivity index (χ3v) is 11.3. The summed E-state index contributed by atoms with van der Waals surface area (Å²) in [4.78, 5) is 10.7. The quantitative estimate of drug-likeness (QED) is 0.523. The summed E-state index contributed by atoms with van der Waals surface area (Å²) in [5.41, 5.74) is 0. The van der Waals surface area contributed by atoms with E-state index < -0.39 is 28.7 Å². The Balaban J connectivity index is 5.47. The first-order chi connectivity index (χ1) is 9.91. The third kappa shape index (κ3) is 4.82. The molecule has 0 heterocycles. The molecule has 0 atom stereocenters. The van der Waals surface area contributed by atoms with Crippen LogP contribution in [0, 0.1) is 0 Å². The zero-order valence-electron chi connectivity index (χ0n) is 13.5. The van der Waals surface area contributed by atoms with Gasteiger partial charge in [-0.05, 0) is 12.8 Å². The SMILES string of the molecule is CO[Si](OC)(OC)C(CCCC(=O)O)[Si](OC)(OC)OC. The normalized spacial score (nSPS) is 12.9. The van der Waals surface area contributed by atoms with E-state index in [0.717, 1.165) is 0 Å². The zero-order valence-corrected chi connectivity index (χ0v) is 15.5. The van der Waals surface area contributed by atoms with Crippen molar-refractivity contribution >= 4 is 23.6 Å². The lowest BCUT2D eigenvalue weighted by Gasteiger charge is -2.39. The van der Waals surface area contributed by atoms with Crippen molar-refractivity contribution in [1.82, 2.24) is 0 Å². The van der Waals surface area contributed by atoms with Crippen LogP contribution in [0.3, 0.4) is 0 Å². The van der Waals surface area contributed by atoms with Crippen molar-refractivity contribution in [3.05, 3.63) is 0 Å². The Hall–Kier alpha value is -0.336. The molecule has 0 unspecified atom stereocenters. The van der Waals surface area contributed by atoms with Crippen LogP contribution in [-0.4, -0.2) is 71.3 Å². The number of rotatable bonds is 12. The summed E-state index contributed by atoms with van der Waals surface area (Å²) in [6.07, 6.45) is 0.880. The summed E-state index contributed by atoms with van der Waals surface area (Å²) in [7, 11) is 2.69. The number of aliphatic carboxylic acids is 1. The van der Waals surface area contributed by atoms with Crippen molar-refractivity contribution in [2.75, 3.05) is 42.7 Å². The molecule has 0 spiro atoms. The summed E-state index contributed by atoms with van der Waals surface area (Å²) in [5.74, 6) is -0.868. The third-order valence-electron chi connectivity index (χ3n) is 3.44. The Labute approximate surface area is 128 Å². The minimum Gasteiger partial charge on any atom is -0.481 e. The van der Waals surface area contributed by atoms with Crippen LogP contribution in [0.1, 0.15) is 19.3 Å². The second-order valence-corrected chi connectivity index (χ2v) is 11.1. The van der Waals surface area contributed by atoms with Crippen molar-refractivity contribution < 1.29 is 36.5 Å². The molecule has 0 saturated carbocycles. The summed E-state index contributed by atoms with van der Waals surface area (Å²) in [5, 5.41) is 8.40. The van der Waals surface area contributed by atoms with Gasteiger partial charge in [0, 0.05) is 49.1 Å². The van der Waals surface area contributed by atoms with Gasteiger partial charge >= 0.3 is 23.6 Å². The first-order valence-electron chi connectivity index (χ1n) is 6.44. The molecule has 21 heavy (non-hydrogen) atoms. The lowest BCUT2D eigenvalue weighted by molar-refractivity contribution is -0.137. The van der Waals surface area contributed by atoms with Crippen molar-refractivity contribution in [3.8, 4) is 0 Å². The number of hydrogen-bond donors (Lipinski definition) is 1. The molecule has 0 aromatic carbocycles. The standard InChI is InChI=1S/C11H26O8Si2/c1-14-20(15-2,16-3)11(9-7-8-10(12)13)21(17-4,18-5)19-6/h11H,7-9H2,1-6H3,(H,12,13). The molecule has 0 bridgehead atoms. The van der Waals surface area contributed by atoms with Crippen LogP contribution in [0.15, 0.2) is 0 Å². The lowest BCUT2D eigenvalue weighted by atomic mass is 10.2. The van der Waals surface area contributed by atoms with E-state index in [9.17, 15) is 4.79 Å². The van der Waals surface area contributed by atoms with Gasteiger partial charge in [0.15, 0.2) is 0 Å². The number of carbonyl (C=O) groups is 1. The van der Waals surface area contributed by atoms with Crippen molar-refractivity contribution in [2.45, 2.75) is 24.4 Å². The molecule has 8 nitrogen and oxygen atoms in total. The van der Waals surface area contributed by atoms with Gasteiger partial charge in [-0.15, -0.1) is 0 Å². The Morgan fingerprint density at radius 2 is 1.19 bits per heavy atom. The molecule has 0 aliphatic heterocycles. The van der Waals surface area contributed by atoms with Crippen LogP contribution < -0.4 is 0 Å². The highest BCUT2D eigenvalue weighted by Crippen LogP contribution is 2.38. The summed E-state index contributed by atoms with van der Waals surface area (Å²) < 4.78 is 33.1. The molecule has 0 amide bonds. The average Bonchev–Trinajstić information content (AvgIpc) is 2.50. The Bertz CT molecular complexity index is 270. The Morgan fingerprint density at radius 3 is 1.43 bits per heavy atom. The first-order valence-corrected chi connectivity index (χ1v) is 10.0. The molecule has 0 aliphatic carbocycles. The Morgan fingerprint density at radius 1 is 0.857 bits per heavy atom. The van der Waals surface area contributed by atoms with Crippen molar-refractivity contribution in [3.63, 3.8) is 0 Å². The van der Waals surface area contributed by atoms with Gasteiger partial charge in [0.2, 0.25) is 0 Å². The van der Waals surface area contributed by atoms with Gasteiger partial charge in [0.1, 0.15) is 0 Å². The van der Waals surface area contributed by atoms with E-state index in [-0.39, 0.29) is 6.42 Å². The smallest absolute Gasteiger partial charge is 0.481 e. The average molecular weight is 342 g/mol.